The zero-order chi connectivity index (χ0) is 12.7. The molecule has 0 saturated carbocycles. The van der Waals surface area contributed by atoms with Gasteiger partial charge in [0.25, 0.3) is 0 Å². The standard InChI is InChI=1S/C10H18N2O4S/c11-10(9(13)14)3-4-12(7-10)8-1-5-17(15,16)6-2-8/h8H,1-7,11H2,(H,13,14). The predicted molar refractivity (Wildman–Crippen MR) is 62.4 cm³/mol. The smallest absolute Gasteiger partial charge is 0.325 e. The molecule has 2 saturated heterocycles. The van der Waals surface area contributed by atoms with Gasteiger partial charge in [-0.05, 0) is 19.3 Å². The molecule has 0 aliphatic carbocycles. The summed E-state index contributed by atoms with van der Waals surface area (Å²) in [5, 5.41) is 9.02. The van der Waals surface area contributed by atoms with E-state index >= 15 is 0 Å². The summed E-state index contributed by atoms with van der Waals surface area (Å²) < 4.78 is 22.6. The minimum absolute atomic E-state index is 0.170. The Morgan fingerprint density at radius 3 is 2.41 bits per heavy atom. The Labute approximate surface area is 101 Å². The van der Waals surface area contributed by atoms with Crippen molar-refractivity contribution in [3.8, 4) is 0 Å². The van der Waals surface area contributed by atoms with Gasteiger partial charge in [0, 0.05) is 19.1 Å². The Balaban J connectivity index is 1.96. The van der Waals surface area contributed by atoms with E-state index in [4.69, 9.17) is 10.8 Å². The molecule has 0 aromatic carbocycles. The molecule has 2 heterocycles. The van der Waals surface area contributed by atoms with Gasteiger partial charge in [0.15, 0.2) is 0 Å². The maximum atomic E-state index is 11.3. The molecule has 2 aliphatic rings. The second-order valence-corrected chi connectivity index (χ2v) is 7.37. The summed E-state index contributed by atoms with van der Waals surface area (Å²) in [7, 11) is -2.86. The van der Waals surface area contributed by atoms with Gasteiger partial charge in [-0.25, -0.2) is 8.42 Å². The highest BCUT2D eigenvalue weighted by Gasteiger charge is 2.44. The van der Waals surface area contributed by atoms with Gasteiger partial charge in [0.2, 0.25) is 0 Å². The van der Waals surface area contributed by atoms with Crippen molar-refractivity contribution in [1.82, 2.24) is 4.90 Å². The summed E-state index contributed by atoms with van der Waals surface area (Å²) >= 11 is 0. The van der Waals surface area contributed by atoms with Crippen LogP contribution < -0.4 is 5.73 Å². The molecule has 7 heteroatoms. The fourth-order valence-corrected chi connectivity index (χ4v) is 4.06. The first-order chi connectivity index (χ1) is 7.82. The third-order valence-corrected chi connectivity index (χ3v) is 5.51. The van der Waals surface area contributed by atoms with Crippen LogP contribution in [-0.2, 0) is 14.6 Å². The number of carboxylic acids is 1. The van der Waals surface area contributed by atoms with Gasteiger partial charge >= 0.3 is 5.97 Å². The van der Waals surface area contributed by atoms with Crippen LogP contribution in [0.2, 0.25) is 0 Å². The minimum atomic E-state index is -2.86. The van der Waals surface area contributed by atoms with Crippen LogP contribution in [0.3, 0.4) is 0 Å². The molecule has 1 unspecified atom stereocenters. The normalized spacial score (nSPS) is 34.9. The summed E-state index contributed by atoms with van der Waals surface area (Å²) in [6.07, 6.45) is 1.63. The average molecular weight is 262 g/mol. The van der Waals surface area contributed by atoms with Crippen molar-refractivity contribution in [2.75, 3.05) is 24.6 Å². The number of carboxylic acid groups (broad SMARTS) is 1. The summed E-state index contributed by atoms with van der Waals surface area (Å²) in [4.78, 5) is 13.0. The van der Waals surface area contributed by atoms with Crippen LogP contribution in [0.4, 0.5) is 0 Å². The predicted octanol–water partition coefficient (Wildman–Crippen LogP) is -0.949. The Hall–Kier alpha value is -0.660. The highest BCUT2D eigenvalue weighted by atomic mass is 32.2. The SMILES string of the molecule is NC1(C(=O)O)CCN(C2CCS(=O)(=O)CC2)C1. The van der Waals surface area contributed by atoms with Crippen LogP contribution in [0.15, 0.2) is 0 Å². The number of likely N-dealkylation sites (tertiary alicyclic amines) is 1. The lowest BCUT2D eigenvalue weighted by Gasteiger charge is -2.31. The van der Waals surface area contributed by atoms with E-state index in [1.807, 2.05) is 4.90 Å². The van der Waals surface area contributed by atoms with Gasteiger partial charge in [0.1, 0.15) is 15.4 Å². The molecule has 98 valence electrons. The number of carbonyl (C=O) groups is 1. The van der Waals surface area contributed by atoms with E-state index in [1.165, 1.54) is 0 Å². The van der Waals surface area contributed by atoms with Gasteiger partial charge in [-0.1, -0.05) is 0 Å². The summed E-state index contributed by atoms with van der Waals surface area (Å²) in [5.41, 5.74) is 4.64. The third kappa shape index (κ3) is 2.61. The van der Waals surface area contributed by atoms with E-state index in [0.29, 0.717) is 32.4 Å². The molecule has 2 rings (SSSR count). The number of hydrogen-bond acceptors (Lipinski definition) is 5. The monoisotopic (exact) mass is 262 g/mol. The molecule has 17 heavy (non-hydrogen) atoms. The maximum absolute atomic E-state index is 11.3. The zero-order valence-electron chi connectivity index (χ0n) is 9.63. The number of sulfone groups is 1. The average Bonchev–Trinajstić information content (AvgIpc) is 2.62. The molecule has 1 atom stereocenters. The Morgan fingerprint density at radius 1 is 1.35 bits per heavy atom. The Bertz CT molecular complexity index is 408. The quantitative estimate of drug-likeness (QED) is 0.665. The van der Waals surface area contributed by atoms with Gasteiger partial charge in [-0.2, -0.15) is 0 Å². The lowest BCUT2D eigenvalue weighted by molar-refractivity contribution is -0.142. The highest BCUT2D eigenvalue weighted by molar-refractivity contribution is 7.91. The maximum Gasteiger partial charge on any atom is 0.325 e. The van der Waals surface area contributed by atoms with Gasteiger partial charge < -0.3 is 10.8 Å². The highest BCUT2D eigenvalue weighted by Crippen LogP contribution is 2.26. The topological polar surface area (TPSA) is 101 Å². The lowest BCUT2D eigenvalue weighted by Crippen LogP contribution is -2.51. The van der Waals surface area contributed by atoms with Crippen molar-refractivity contribution < 1.29 is 18.3 Å². The van der Waals surface area contributed by atoms with E-state index < -0.39 is 21.3 Å². The van der Waals surface area contributed by atoms with Crippen LogP contribution in [0, 0.1) is 0 Å². The third-order valence-electron chi connectivity index (χ3n) is 3.80. The van der Waals surface area contributed by atoms with Crippen LogP contribution in [-0.4, -0.2) is 60.6 Å². The summed E-state index contributed by atoms with van der Waals surface area (Å²) in [6, 6.07) is 0.170. The molecule has 0 amide bonds. The van der Waals surface area contributed by atoms with E-state index in [1.54, 1.807) is 0 Å². The molecule has 0 bridgehead atoms. The van der Waals surface area contributed by atoms with E-state index in [0.717, 1.165) is 0 Å². The van der Waals surface area contributed by atoms with Crippen molar-refractivity contribution in [3.63, 3.8) is 0 Å². The number of hydrogen-bond donors (Lipinski definition) is 2. The number of aliphatic carboxylic acids is 1. The van der Waals surface area contributed by atoms with Crippen LogP contribution in [0.1, 0.15) is 19.3 Å². The first-order valence-corrected chi connectivity index (χ1v) is 7.61. The molecule has 2 aliphatic heterocycles. The number of nitrogens with zero attached hydrogens (tertiary/aromatic N) is 1. The van der Waals surface area contributed by atoms with Gasteiger partial charge in [0.05, 0.1) is 11.5 Å². The molecule has 2 fully saturated rings. The molecule has 0 aromatic rings. The zero-order valence-corrected chi connectivity index (χ0v) is 10.4. The van der Waals surface area contributed by atoms with Crippen molar-refractivity contribution >= 4 is 15.8 Å². The Kier molecular flexibility index (Phi) is 3.17. The molecule has 0 spiro atoms. The fraction of sp³-hybridized carbons (Fsp3) is 0.900. The van der Waals surface area contributed by atoms with Crippen molar-refractivity contribution in [1.29, 1.82) is 0 Å². The first kappa shape index (κ1) is 12.8. The van der Waals surface area contributed by atoms with Crippen LogP contribution in [0.5, 0.6) is 0 Å². The summed E-state index contributed by atoms with van der Waals surface area (Å²) in [6.45, 7) is 0.973. The van der Waals surface area contributed by atoms with Crippen LogP contribution in [0.25, 0.3) is 0 Å². The largest absolute Gasteiger partial charge is 0.480 e. The van der Waals surface area contributed by atoms with Crippen molar-refractivity contribution in [2.45, 2.75) is 30.8 Å². The molecule has 6 nitrogen and oxygen atoms in total. The van der Waals surface area contributed by atoms with Gasteiger partial charge in [-0.3, -0.25) is 9.69 Å². The summed E-state index contributed by atoms with van der Waals surface area (Å²) in [5.74, 6) is -0.555. The molecule has 3 N–H and O–H groups in total. The number of nitrogens with two attached hydrogens (primary N) is 1. The van der Waals surface area contributed by atoms with Crippen LogP contribution >= 0.6 is 0 Å². The van der Waals surface area contributed by atoms with E-state index in [2.05, 4.69) is 0 Å². The minimum Gasteiger partial charge on any atom is -0.480 e. The lowest BCUT2D eigenvalue weighted by atomic mass is 10.0. The van der Waals surface area contributed by atoms with Crippen molar-refractivity contribution in [3.05, 3.63) is 0 Å². The molecule has 0 aromatic heterocycles. The Morgan fingerprint density at radius 2 is 1.94 bits per heavy atom. The second-order valence-electron chi connectivity index (χ2n) is 5.06. The first-order valence-electron chi connectivity index (χ1n) is 5.79. The second kappa shape index (κ2) is 4.22. The number of rotatable bonds is 2. The van der Waals surface area contributed by atoms with Crippen molar-refractivity contribution in [2.24, 2.45) is 5.73 Å². The fourth-order valence-electron chi connectivity index (χ4n) is 2.59. The van der Waals surface area contributed by atoms with E-state index in [-0.39, 0.29) is 17.5 Å². The van der Waals surface area contributed by atoms with Gasteiger partial charge in [-0.15, -0.1) is 0 Å². The molecule has 0 radical (unpaired) electrons. The van der Waals surface area contributed by atoms with E-state index in [9.17, 15) is 13.2 Å². The molecular formula is C10H18N2O4S. The molecular weight excluding hydrogens is 244 g/mol.